The molecular formula is C32H36ClN5O6S. The Morgan fingerprint density at radius 3 is 2.38 bits per heavy atom. The van der Waals surface area contributed by atoms with E-state index in [1.165, 1.54) is 36.5 Å². The van der Waals surface area contributed by atoms with Crippen LogP contribution in [-0.2, 0) is 25.2 Å². The van der Waals surface area contributed by atoms with Gasteiger partial charge in [-0.25, -0.2) is 18.2 Å². The molecule has 11 nitrogen and oxygen atoms in total. The van der Waals surface area contributed by atoms with Gasteiger partial charge in [-0.15, -0.1) is 0 Å². The van der Waals surface area contributed by atoms with Gasteiger partial charge >= 0.3 is 6.09 Å². The van der Waals surface area contributed by atoms with Gasteiger partial charge in [0.05, 0.1) is 22.8 Å². The number of piperazine rings is 1. The van der Waals surface area contributed by atoms with Gasteiger partial charge in [0.2, 0.25) is 5.88 Å². The Morgan fingerprint density at radius 1 is 0.978 bits per heavy atom. The molecule has 0 aliphatic carbocycles. The molecule has 1 unspecified atom stereocenters. The lowest BCUT2D eigenvalue weighted by molar-refractivity contribution is -0.132. The number of sulfonamides is 1. The first kappa shape index (κ1) is 31.3. The topological polar surface area (TPSA) is 113 Å². The highest BCUT2D eigenvalue weighted by Gasteiger charge is 2.61. The molecule has 45 heavy (non-hydrogen) atoms. The number of piperidine rings is 1. The van der Waals surface area contributed by atoms with Crippen LogP contribution in [0.5, 0.6) is 5.88 Å². The molecule has 13 heteroatoms. The normalized spacial score (nSPS) is 21.5. The van der Waals surface area contributed by atoms with Crippen molar-refractivity contribution >= 4 is 39.3 Å². The van der Waals surface area contributed by atoms with Crippen LogP contribution in [-0.4, -0.2) is 99.1 Å². The van der Waals surface area contributed by atoms with E-state index in [1.807, 2.05) is 0 Å². The molecule has 2 saturated heterocycles. The van der Waals surface area contributed by atoms with Crippen LogP contribution in [0.2, 0.25) is 5.02 Å². The molecule has 1 atom stereocenters. The van der Waals surface area contributed by atoms with E-state index in [-0.39, 0.29) is 39.2 Å². The van der Waals surface area contributed by atoms with Gasteiger partial charge in [-0.1, -0.05) is 29.8 Å². The number of amides is 2. The van der Waals surface area contributed by atoms with Gasteiger partial charge in [0.25, 0.3) is 21.5 Å². The van der Waals surface area contributed by atoms with Crippen molar-refractivity contribution in [3.63, 3.8) is 0 Å². The van der Waals surface area contributed by atoms with Crippen LogP contribution in [0.25, 0.3) is 0 Å². The molecule has 2 amide bonds. The van der Waals surface area contributed by atoms with Gasteiger partial charge in [-0.2, -0.15) is 4.31 Å². The summed E-state index contributed by atoms with van der Waals surface area (Å²) in [5, 5.41) is 0.231. The molecular weight excluding hydrogens is 618 g/mol. The van der Waals surface area contributed by atoms with Crippen LogP contribution in [0.15, 0.2) is 71.8 Å². The maximum Gasteiger partial charge on any atom is 0.411 e. The Hall–Kier alpha value is -3.71. The number of fused-ring (bicyclic) bond motifs is 1. The number of likely N-dealkylation sites (tertiary alicyclic amines) is 1. The summed E-state index contributed by atoms with van der Waals surface area (Å²) in [6.07, 6.45) is 2.89. The molecule has 238 valence electrons. The zero-order chi connectivity index (χ0) is 31.8. The fraction of sp³-hybridized carbons (Fsp3) is 0.406. The third kappa shape index (κ3) is 5.65. The van der Waals surface area contributed by atoms with E-state index < -0.39 is 27.6 Å². The summed E-state index contributed by atoms with van der Waals surface area (Å²) in [7, 11) is -2.31. The number of nitrogens with zero attached hydrogens (tertiary/aromatic N) is 5. The maximum atomic E-state index is 14.8. The fourth-order valence-electron chi connectivity index (χ4n) is 6.42. The summed E-state index contributed by atoms with van der Waals surface area (Å²) >= 11 is 6.46. The Kier molecular flexibility index (Phi) is 8.75. The number of rotatable bonds is 7. The number of pyridine rings is 1. The van der Waals surface area contributed by atoms with Crippen molar-refractivity contribution in [3.05, 3.63) is 83.0 Å². The van der Waals surface area contributed by atoms with E-state index in [0.29, 0.717) is 36.5 Å². The number of carbonyl (C=O) groups is 2. The summed E-state index contributed by atoms with van der Waals surface area (Å²) in [4.78, 5) is 39.4. The van der Waals surface area contributed by atoms with Crippen LogP contribution >= 0.6 is 11.6 Å². The lowest BCUT2D eigenvalue weighted by Gasteiger charge is -2.42. The first-order chi connectivity index (χ1) is 21.7. The van der Waals surface area contributed by atoms with Gasteiger partial charge in [-0.3, -0.25) is 9.69 Å². The highest BCUT2D eigenvalue weighted by atomic mass is 35.5. The molecule has 3 aromatic rings. The summed E-state index contributed by atoms with van der Waals surface area (Å²) in [6.45, 7) is 6.16. The maximum absolute atomic E-state index is 14.8. The summed E-state index contributed by atoms with van der Waals surface area (Å²) in [5.41, 5.74) is -2.01. The number of anilines is 1. The minimum atomic E-state index is -4.44. The van der Waals surface area contributed by atoms with Gasteiger partial charge in [0.15, 0.2) is 0 Å². The lowest BCUT2D eigenvalue weighted by atomic mass is 9.87. The van der Waals surface area contributed by atoms with E-state index in [4.69, 9.17) is 21.1 Å². The second kappa shape index (κ2) is 12.6. The zero-order valence-corrected chi connectivity index (χ0v) is 26.8. The average molecular weight is 654 g/mol. The van der Waals surface area contributed by atoms with Crippen LogP contribution in [0.4, 0.5) is 10.5 Å². The second-order valence-corrected chi connectivity index (χ2v) is 13.7. The van der Waals surface area contributed by atoms with E-state index in [0.717, 1.165) is 25.9 Å². The van der Waals surface area contributed by atoms with Crippen molar-refractivity contribution in [3.8, 4) is 5.88 Å². The number of hydrogen-bond acceptors (Lipinski definition) is 9. The smallest absolute Gasteiger partial charge is 0.411 e. The molecule has 0 saturated carbocycles. The third-order valence-corrected chi connectivity index (χ3v) is 10.7. The highest BCUT2D eigenvalue weighted by Crippen LogP contribution is 2.52. The zero-order valence-electron chi connectivity index (χ0n) is 25.3. The monoisotopic (exact) mass is 653 g/mol. The minimum absolute atomic E-state index is 0.0273. The van der Waals surface area contributed by atoms with Crippen molar-refractivity contribution in [2.75, 3.05) is 57.2 Å². The Morgan fingerprint density at radius 2 is 1.69 bits per heavy atom. The minimum Gasteiger partial charge on any atom is -0.478 e. The number of halogens is 1. The standard InChI is InChI=1S/C32H36ClN5O6S/c1-3-43-29-26(10-7-15-34-29)32(44-31(40)37-20-18-36(19-21-37)24-13-16-35(2)17-14-24)27-22-23(33)11-12-28(27)38(30(32)39)45(41,42)25-8-5-4-6-9-25/h4-12,15,22,24H,3,13-14,16-21H2,1-2H3. The van der Waals surface area contributed by atoms with Crippen LogP contribution in [0, 0.1) is 0 Å². The second-order valence-electron chi connectivity index (χ2n) is 11.4. The first-order valence-corrected chi connectivity index (χ1v) is 16.9. The SMILES string of the molecule is CCOc1ncccc1C1(OC(=O)N2CCN(C3CCN(C)CC3)CC2)C(=O)N(S(=O)(=O)c2ccccc2)c2ccc(Cl)cc21. The molecule has 0 spiro atoms. The quantitative estimate of drug-likeness (QED) is 0.374. The predicted octanol–water partition coefficient (Wildman–Crippen LogP) is 3.96. The lowest BCUT2D eigenvalue weighted by Crippen LogP contribution is -2.55. The molecule has 3 aliphatic heterocycles. The largest absolute Gasteiger partial charge is 0.478 e. The van der Waals surface area contributed by atoms with E-state index in [9.17, 15) is 18.0 Å². The Labute approximate surface area is 268 Å². The van der Waals surface area contributed by atoms with Crippen molar-refractivity contribution < 1.29 is 27.5 Å². The Bertz CT molecular complexity index is 1680. The molecule has 0 bridgehead atoms. The molecule has 0 radical (unpaired) electrons. The molecule has 2 fully saturated rings. The third-order valence-electron chi connectivity index (χ3n) is 8.77. The summed E-state index contributed by atoms with van der Waals surface area (Å²) in [6, 6.07) is 15.6. The van der Waals surface area contributed by atoms with Crippen LogP contribution in [0.1, 0.15) is 30.9 Å². The van der Waals surface area contributed by atoms with Crippen LogP contribution in [0.3, 0.4) is 0 Å². The fourth-order valence-corrected chi connectivity index (χ4v) is 8.07. The predicted molar refractivity (Wildman–Crippen MR) is 169 cm³/mol. The van der Waals surface area contributed by atoms with Crippen molar-refractivity contribution in [1.82, 2.24) is 19.7 Å². The molecule has 2 aromatic carbocycles. The highest BCUT2D eigenvalue weighted by molar-refractivity contribution is 7.93. The molecule has 1 aromatic heterocycles. The van der Waals surface area contributed by atoms with Gasteiger partial charge < -0.3 is 19.3 Å². The van der Waals surface area contributed by atoms with Crippen molar-refractivity contribution in [1.29, 1.82) is 0 Å². The van der Waals surface area contributed by atoms with Gasteiger partial charge in [0, 0.05) is 49.0 Å². The number of benzene rings is 2. The van der Waals surface area contributed by atoms with Gasteiger partial charge in [0.1, 0.15) is 0 Å². The van der Waals surface area contributed by atoms with E-state index in [2.05, 4.69) is 21.8 Å². The number of ether oxygens (including phenoxy) is 2. The van der Waals surface area contributed by atoms with Crippen LogP contribution < -0.4 is 9.04 Å². The number of carbonyl (C=O) groups excluding carboxylic acids is 2. The molecule has 3 aliphatic rings. The average Bonchev–Trinajstić information content (AvgIpc) is 3.30. The molecule has 4 heterocycles. The van der Waals surface area contributed by atoms with Crippen molar-refractivity contribution in [2.45, 2.75) is 36.3 Å². The summed E-state index contributed by atoms with van der Waals surface area (Å²) in [5.74, 6) is -0.950. The van der Waals surface area contributed by atoms with Crippen molar-refractivity contribution in [2.24, 2.45) is 0 Å². The molecule has 6 rings (SSSR count). The Balaban J connectivity index is 1.41. The number of hydrogen-bond donors (Lipinski definition) is 0. The molecule has 0 N–H and O–H groups in total. The number of aromatic nitrogens is 1. The van der Waals surface area contributed by atoms with E-state index >= 15 is 0 Å². The van der Waals surface area contributed by atoms with E-state index in [1.54, 1.807) is 42.2 Å². The van der Waals surface area contributed by atoms with Gasteiger partial charge in [-0.05, 0) is 82.4 Å². The first-order valence-electron chi connectivity index (χ1n) is 15.1. The summed E-state index contributed by atoms with van der Waals surface area (Å²) < 4.78 is 41.0.